The van der Waals surface area contributed by atoms with E-state index in [9.17, 15) is 8.78 Å². The average molecular weight is 459 g/mol. The molecule has 2 aliphatic rings. The van der Waals surface area contributed by atoms with E-state index in [1.165, 1.54) is 6.07 Å². The molecule has 1 saturated carbocycles. The number of nitrogens with two attached hydrogens (primary N) is 1. The first kappa shape index (κ1) is 23.3. The number of nitrogens with zero attached hydrogens (tertiary/aromatic N) is 3. The highest BCUT2D eigenvalue weighted by molar-refractivity contribution is 5.80. The minimum Gasteiger partial charge on any atom is -0.365 e. The summed E-state index contributed by atoms with van der Waals surface area (Å²) in [5.41, 5.74) is 1.07. The third-order valence-electron chi connectivity index (χ3n) is 6.04. The Morgan fingerprint density at radius 2 is 1.82 bits per heavy atom. The predicted octanol–water partition coefficient (Wildman–Crippen LogP) is 4.38. The maximum Gasteiger partial charge on any atom is 0.229 e. The number of halogens is 2. The zero-order valence-electron chi connectivity index (χ0n) is 19.5. The predicted molar refractivity (Wildman–Crippen MR) is 127 cm³/mol. The zero-order chi connectivity index (χ0) is 24.0. The fraction of sp³-hybridized carbons (Fsp3) is 0.522. The summed E-state index contributed by atoms with van der Waals surface area (Å²) in [4.78, 5) is 8.33. The third-order valence-corrected chi connectivity index (χ3v) is 6.04. The SMILES string of the molecule is CC1(C)CC(Nc2nc(Nc3cc(F)c(C4CC4)c(N(N)C=N)c3)ncc2F)CC(C)(C)N1. The number of hydrazine groups is 1. The van der Waals surface area contributed by atoms with Crippen molar-refractivity contribution in [3.8, 4) is 0 Å². The number of anilines is 4. The number of nitrogens with one attached hydrogen (secondary N) is 4. The first-order valence-electron chi connectivity index (χ1n) is 11.2. The van der Waals surface area contributed by atoms with Gasteiger partial charge in [0.1, 0.15) is 12.2 Å². The molecule has 0 amide bonds. The largest absolute Gasteiger partial charge is 0.365 e. The smallest absolute Gasteiger partial charge is 0.229 e. The Labute approximate surface area is 192 Å². The summed E-state index contributed by atoms with van der Waals surface area (Å²) in [7, 11) is 0. The van der Waals surface area contributed by atoms with Crippen LogP contribution in [0.3, 0.4) is 0 Å². The molecule has 1 aliphatic carbocycles. The molecule has 1 aromatic heterocycles. The molecule has 178 valence electrons. The first-order chi connectivity index (χ1) is 15.5. The van der Waals surface area contributed by atoms with Gasteiger partial charge in [-0.1, -0.05) is 0 Å². The van der Waals surface area contributed by atoms with Crippen LogP contribution >= 0.6 is 0 Å². The van der Waals surface area contributed by atoms with E-state index in [4.69, 9.17) is 11.3 Å². The van der Waals surface area contributed by atoms with Gasteiger partial charge in [0, 0.05) is 28.4 Å². The van der Waals surface area contributed by atoms with Gasteiger partial charge in [-0.3, -0.25) is 10.4 Å². The van der Waals surface area contributed by atoms with Gasteiger partial charge in [0.2, 0.25) is 5.95 Å². The van der Waals surface area contributed by atoms with Gasteiger partial charge < -0.3 is 16.0 Å². The van der Waals surface area contributed by atoms with Gasteiger partial charge in [0.15, 0.2) is 11.6 Å². The fourth-order valence-corrected chi connectivity index (χ4v) is 5.01. The molecular formula is C23H32F2N8. The van der Waals surface area contributed by atoms with E-state index in [0.717, 1.165) is 43.2 Å². The summed E-state index contributed by atoms with van der Waals surface area (Å²) < 4.78 is 29.4. The van der Waals surface area contributed by atoms with Crippen LogP contribution in [-0.2, 0) is 0 Å². The molecule has 33 heavy (non-hydrogen) atoms. The maximum absolute atomic E-state index is 14.9. The van der Waals surface area contributed by atoms with Gasteiger partial charge in [-0.25, -0.2) is 19.6 Å². The number of hydrogen-bond donors (Lipinski definition) is 5. The van der Waals surface area contributed by atoms with Crippen LogP contribution < -0.4 is 26.8 Å². The van der Waals surface area contributed by atoms with Crippen LogP contribution in [0.15, 0.2) is 18.3 Å². The standard InChI is InChI=1S/C23H32F2N8/c1-22(2)9-15(10-23(3,4)32-22)29-20-17(25)11-28-21(31-20)30-14-7-16(24)19(13-5-6-13)18(8-14)33(27)12-26/h7-8,11-13,15,26,32H,5-6,9-10,27H2,1-4H3,(H2,28,29,30,31). The number of rotatable bonds is 7. The zero-order valence-corrected chi connectivity index (χ0v) is 19.5. The molecule has 6 N–H and O–H groups in total. The molecule has 4 rings (SSSR count). The van der Waals surface area contributed by atoms with Crippen molar-refractivity contribution in [2.75, 3.05) is 15.6 Å². The monoisotopic (exact) mass is 458 g/mol. The van der Waals surface area contributed by atoms with Crippen molar-refractivity contribution in [2.45, 2.75) is 76.4 Å². The lowest BCUT2D eigenvalue weighted by Crippen LogP contribution is -2.60. The van der Waals surface area contributed by atoms with E-state index >= 15 is 0 Å². The second kappa shape index (κ2) is 8.49. The second-order valence-corrected chi connectivity index (χ2v) is 10.4. The van der Waals surface area contributed by atoms with Crippen LogP contribution in [0, 0.1) is 17.0 Å². The molecule has 1 saturated heterocycles. The van der Waals surface area contributed by atoms with Gasteiger partial charge in [-0.2, -0.15) is 4.98 Å². The lowest BCUT2D eigenvalue weighted by Gasteiger charge is -2.46. The molecular weight excluding hydrogens is 426 g/mol. The van der Waals surface area contributed by atoms with Crippen LogP contribution in [0.1, 0.15) is 64.9 Å². The second-order valence-electron chi connectivity index (χ2n) is 10.4. The maximum atomic E-state index is 14.9. The topological polar surface area (TPSA) is 115 Å². The molecule has 0 unspecified atom stereocenters. The Kier molecular flexibility index (Phi) is 6.00. The van der Waals surface area contributed by atoms with E-state index in [1.807, 2.05) is 0 Å². The highest BCUT2D eigenvalue weighted by Gasteiger charge is 2.38. The summed E-state index contributed by atoms with van der Waals surface area (Å²) in [5, 5.41) is 18.3. The molecule has 1 aromatic carbocycles. The average Bonchev–Trinajstić information content (AvgIpc) is 3.52. The van der Waals surface area contributed by atoms with Crippen LogP contribution in [0.25, 0.3) is 0 Å². The van der Waals surface area contributed by atoms with Gasteiger partial charge in [0.05, 0.1) is 11.9 Å². The van der Waals surface area contributed by atoms with Crippen LogP contribution in [0.5, 0.6) is 0 Å². The molecule has 8 nitrogen and oxygen atoms in total. The molecule has 0 radical (unpaired) electrons. The number of hydrogen-bond acceptors (Lipinski definition) is 7. The van der Waals surface area contributed by atoms with Gasteiger partial charge in [0.25, 0.3) is 0 Å². The molecule has 10 heteroatoms. The minimum absolute atomic E-state index is 0.0220. The Morgan fingerprint density at radius 1 is 1.15 bits per heavy atom. The van der Waals surface area contributed by atoms with E-state index in [2.05, 4.69) is 53.6 Å². The van der Waals surface area contributed by atoms with Crippen molar-refractivity contribution < 1.29 is 8.78 Å². The summed E-state index contributed by atoms with van der Waals surface area (Å²) in [5.74, 6) is 5.26. The van der Waals surface area contributed by atoms with Crippen molar-refractivity contribution in [1.82, 2.24) is 15.3 Å². The molecule has 0 spiro atoms. The van der Waals surface area contributed by atoms with Crippen molar-refractivity contribution in [1.29, 1.82) is 5.41 Å². The van der Waals surface area contributed by atoms with Gasteiger partial charge in [-0.05, 0) is 71.4 Å². The number of piperidine rings is 1. The van der Waals surface area contributed by atoms with Crippen molar-refractivity contribution >= 4 is 29.5 Å². The quantitative estimate of drug-likeness (QED) is 0.181. The third kappa shape index (κ3) is 5.39. The van der Waals surface area contributed by atoms with E-state index in [-0.39, 0.29) is 34.8 Å². The lowest BCUT2D eigenvalue weighted by molar-refractivity contribution is 0.170. The van der Waals surface area contributed by atoms with E-state index < -0.39 is 11.6 Å². The summed E-state index contributed by atoms with van der Waals surface area (Å²) in [6, 6.07) is 3.03. The minimum atomic E-state index is -0.553. The Balaban J connectivity index is 1.57. The van der Waals surface area contributed by atoms with Crippen molar-refractivity contribution in [3.05, 3.63) is 35.5 Å². The number of benzene rings is 1. The highest BCUT2D eigenvalue weighted by Crippen LogP contribution is 2.46. The molecule has 2 aromatic rings. The summed E-state index contributed by atoms with van der Waals surface area (Å²) >= 11 is 0. The van der Waals surface area contributed by atoms with Crippen LogP contribution in [-0.4, -0.2) is 33.4 Å². The lowest BCUT2D eigenvalue weighted by atomic mass is 9.79. The Morgan fingerprint density at radius 3 is 2.42 bits per heavy atom. The van der Waals surface area contributed by atoms with Gasteiger partial charge in [-0.15, -0.1) is 0 Å². The van der Waals surface area contributed by atoms with E-state index in [1.54, 1.807) is 6.07 Å². The summed E-state index contributed by atoms with van der Waals surface area (Å²) in [6.07, 6.45) is 5.41. The molecule has 2 fully saturated rings. The molecule has 1 aliphatic heterocycles. The normalized spacial score (nSPS) is 19.7. The highest BCUT2D eigenvalue weighted by atomic mass is 19.1. The Hall–Kier alpha value is -2.85. The van der Waals surface area contributed by atoms with Crippen molar-refractivity contribution in [2.24, 2.45) is 5.84 Å². The van der Waals surface area contributed by atoms with Crippen LogP contribution in [0.2, 0.25) is 0 Å². The van der Waals surface area contributed by atoms with E-state index in [0.29, 0.717) is 16.9 Å². The van der Waals surface area contributed by atoms with Crippen LogP contribution in [0.4, 0.5) is 31.9 Å². The van der Waals surface area contributed by atoms with Crippen molar-refractivity contribution in [3.63, 3.8) is 0 Å². The first-order valence-corrected chi connectivity index (χ1v) is 11.2. The molecule has 2 heterocycles. The molecule has 0 bridgehead atoms. The number of aromatic nitrogens is 2. The molecule has 0 atom stereocenters. The van der Waals surface area contributed by atoms with Gasteiger partial charge >= 0.3 is 0 Å². The fourth-order valence-electron chi connectivity index (χ4n) is 5.01. The Bertz CT molecular complexity index is 1030. The summed E-state index contributed by atoms with van der Waals surface area (Å²) in [6.45, 7) is 8.49.